The first-order valence-electron chi connectivity index (χ1n) is 9.28. The van der Waals surface area contributed by atoms with Crippen LogP contribution < -0.4 is 5.32 Å². The zero-order chi connectivity index (χ0) is 19.1. The van der Waals surface area contributed by atoms with E-state index < -0.39 is 0 Å². The second-order valence-corrected chi connectivity index (χ2v) is 8.23. The van der Waals surface area contributed by atoms with Crippen LogP contribution >= 0.6 is 11.8 Å². The van der Waals surface area contributed by atoms with Gasteiger partial charge in [-0.15, -0.1) is 10.2 Å². The summed E-state index contributed by atoms with van der Waals surface area (Å²) >= 11 is 1.42. The molecule has 2 aromatic rings. The monoisotopic (exact) mass is 374 g/mol. The lowest BCUT2D eigenvalue weighted by Crippen LogP contribution is -2.33. The molecule has 142 valence electrons. The number of benzene rings is 1. The predicted octanol–water partition coefficient (Wildman–Crippen LogP) is 4.31. The number of thioether (sulfide) groups is 1. The summed E-state index contributed by atoms with van der Waals surface area (Å²) in [6.07, 6.45) is 3.37. The van der Waals surface area contributed by atoms with Crippen LogP contribution in [0.5, 0.6) is 0 Å². The lowest BCUT2D eigenvalue weighted by Gasteiger charge is -2.14. The van der Waals surface area contributed by atoms with Crippen LogP contribution in [0.2, 0.25) is 0 Å². The maximum atomic E-state index is 12.2. The first-order valence-corrected chi connectivity index (χ1v) is 10.3. The topological polar surface area (TPSA) is 59.8 Å². The van der Waals surface area contributed by atoms with E-state index in [1.54, 1.807) is 0 Å². The van der Waals surface area contributed by atoms with Gasteiger partial charge in [0.2, 0.25) is 5.91 Å². The van der Waals surface area contributed by atoms with Gasteiger partial charge in [0.15, 0.2) is 5.16 Å². The number of nitrogens with one attached hydrogen (secondary N) is 1. The molecule has 1 atom stereocenters. The molecule has 0 aliphatic carbocycles. The average Bonchev–Trinajstić information content (AvgIpc) is 2.93. The first-order chi connectivity index (χ1) is 12.4. The van der Waals surface area contributed by atoms with Crippen LogP contribution in [0.4, 0.5) is 0 Å². The summed E-state index contributed by atoms with van der Waals surface area (Å²) in [6.45, 7) is 10.5. The molecule has 5 nitrogen and oxygen atoms in total. The summed E-state index contributed by atoms with van der Waals surface area (Å²) in [4.78, 5) is 12.2. The van der Waals surface area contributed by atoms with Crippen LogP contribution in [0.25, 0.3) is 5.69 Å². The lowest BCUT2D eigenvalue weighted by molar-refractivity contribution is -0.119. The highest BCUT2D eigenvalue weighted by atomic mass is 32.2. The maximum Gasteiger partial charge on any atom is 0.230 e. The van der Waals surface area contributed by atoms with Crippen LogP contribution in [0, 0.1) is 19.8 Å². The minimum atomic E-state index is 0.0449. The number of hydrogen-bond acceptors (Lipinski definition) is 4. The van der Waals surface area contributed by atoms with Gasteiger partial charge in [0.05, 0.1) is 5.75 Å². The normalized spacial score (nSPS) is 12.4. The Kier molecular flexibility index (Phi) is 7.69. The third kappa shape index (κ3) is 6.16. The number of rotatable bonds is 9. The van der Waals surface area contributed by atoms with Gasteiger partial charge in [0.1, 0.15) is 5.82 Å². The van der Waals surface area contributed by atoms with Crippen molar-refractivity contribution in [2.45, 2.75) is 65.1 Å². The largest absolute Gasteiger partial charge is 0.353 e. The summed E-state index contributed by atoms with van der Waals surface area (Å²) in [7, 11) is 0. The molecule has 0 spiro atoms. The van der Waals surface area contributed by atoms with Gasteiger partial charge in [-0.1, -0.05) is 50.6 Å². The molecule has 0 fully saturated rings. The number of carbonyl (C=O) groups excluding carboxylic acids is 1. The third-order valence-corrected chi connectivity index (χ3v) is 5.14. The van der Waals surface area contributed by atoms with Crippen LogP contribution in [-0.2, 0) is 4.79 Å². The lowest BCUT2D eigenvalue weighted by atomic mass is 10.0. The van der Waals surface area contributed by atoms with Gasteiger partial charge in [-0.05, 0) is 50.8 Å². The molecule has 0 saturated carbocycles. The smallest absolute Gasteiger partial charge is 0.230 e. The van der Waals surface area contributed by atoms with Gasteiger partial charge < -0.3 is 5.32 Å². The second-order valence-electron chi connectivity index (χ2n) is 7.29. The van der Waals surface area contributed by atoms with Crippen molar-refractivity contribution in [3.63, 3.8) is 0 Å². The number of amides is 1. The molecule has 1 heterocycles. The SMILES string of the molecule is Cc1cccc(-n2c(C)nnc2SCC(=O)NC(C)CCCC(C)C)c1. The van der Waals surface area contributed by atoms with E-state index in [0.29, 0.717) is 11.7 Å². The summed E-state index contributed by atoms with van der Waals surface area (Å²) in [5.41, 5.74) is 2.21. The highest BCUT2D eigenvalue weighted by Gasteiger charge is 2.14. The van der Waals surface area contributed by atoms with Crippen molar-refractivity contribution in [1.82, 2.24) is 20.1 Å². The van der Waals surface area contributed by atoms with Crippen LogP contribution in [-0.4, -0.2) is 32.5 Å². The quantitative estimate of drug-likeness (QED) is 0.665. The molecule has 0 aliphatic rings. The van der Waals surface area contributed by atoms with Gasteiger partial charge in [-0.3, -0.25) is 9.36 Å². The van der Waals surface area contributed by atoms with Gasteiger partial charge in [0, 0.05) is 11.7 Å². The fourth-order valence-corrected chi connectivity index (χ4v) is 3.66. The zero-order valence-corrected chi connectivity index (χ0v) is 17.3. The number of hydrogen-bond donors (Lipinski definition) is 1. The first kappa shape index (κ1) is 20.5. The van der Waals surface area contributed by atoms with E-state index in [1.807, 2.05) is 23.6 Å². The van der Waals surface area contributed by atoms with E-state index in [9.17, 15) is 4.79 Å². The number of aryl methyl sites for hydroxylation is 2. The van der Waals surface area contributed by atoms with E-state index in [0.717, 1.165) is 29.5 Å². The Morgan fingerprint density at radius 1 is 1.19 bits per heavy atom. The Labute approximate surface area is 161 Å². The fraction of sp³-hybridized carbons (Fsp3) is 0.550. The summed E-state index contributed by atoms with van der Waals surface area (Å²) in [5.74, 6) is 1.92. The van der Waals surface area contributed by atoms with Crippen molar-refractivity contribution in [3.8, 4) is 5.69 Å². The Morgan fingerprint density at radius 2 is 1.96 bits per heavy atom. The fourth-order valence-electron chi connectivity index (χ4n) is 2.85. The van der Waals surface area contributed by atoms with Crippen molar-refractivity contribution < 1.29 is 4.79 Å². The molecule has 26 heavy (non-hydrogen) atoms. The number of aromatic nitrogens is 3. The summed E-state index contributed by atoms with van der Waals surface area (Å²) in [5, 5.41) is 12.2. The third-order valence-electron chi connectivity index (χ3n) is 4.21. The molecule has 0 aliphatic heterocycles. The minimum Gasteiger partial charge on any atom is -0.353 e. The van der Waals surface area contributed by atoms with Crippen LogP contribution in [0.15, 0.2) is 29.4 Å². The number of carbonyl (C=O) groups is 1. The molecule has 0 saturated heterocycles. The van der Waals surface area contributed by atoms with Gasteiger partial charge in [0.25, 0.3) is 0 Å². The second kappa shape index (κ2) is 9.76. The van der Waals surface area contributed by atoms with Crippen molar-refractivity contribution in [2.24, 2.45) is 5.92 Å². The molecule has 0 radical (unpaired) electrons. The van der Waals surface area contributed by atoms with Gasteiger partial charge in [-0.25, -0.2) is 0 Å². The predicted molar refractivity (Wildman–Crippen MR) is 108 cm³/mol. The molecule has 1 amide bonds. The van der Waals surface area contributed by atoms with E-state index in [1.165, 1.54) is 23.7 Å². The van der Waals surface area contributed by atoms with Crippen molar-refractivity contribution in [2.75, 3.05) is 5.75 Å². The molecular weight excluding hydrogens is 344 g/mol. The van der Waals surface area contributed by atoms with Gasteiger partial charge in [-0.2, -0.15) is 0 Å². The zero-order valence-electron chi connectivity index (χ0n) is 16.5. The van der Waals surface area contributed by atoms with E-state index >= 15 is 0 Å². The molecule has 2 rings (SSSR count). The Bertz CT molecular complexity index is 726. The maximum absolute atomic E-state index is 12.2. The molecule has 1 aromatic carbocycles. The van der Waals surface area contributed by atoms with Gasteiger partial charge >= 0.3 is 0 Å². The molecule has 1 aromatic heterocycles. The van der Waals surface area contributed by atoms with Crippen molar-refractivity contribution in [3.05, 3.63) is 35.7 Å². The van der Waals surface area contributed by atoms with E-state index in [4.69, 9.17) is 0 Å². The molecule has 6 heteroatoms. The van der Waals surface area contributed by atoms with E-state index in [2.05, 4.69) is 55.3 Å². The Hall–Kier alpha value is -1.82. The highest BCUT2D eigenvalue weighted by Crippen LogP contribution is 2.22. The van der Waals surface area contributed by atoms with E-state index in [-0.39, 0.29) is 11.9 Å². The molecule has 1 unspecified atom stereocenters. The summed E-state index contributed by atoms with van der Waals surface area (Å²) in [6, 6.07) is 8.41. The Morgan fingerprint density at radius 3 is 2.65 bits per heavy atom. The summed E-state index contributed by atoms with van der Waals surface area (Å²) < 4.78 is 2.00. The molecular formula is C20H30N4OS. The van der Waals surface area contributed by atoms with Crippen molar-refractivity contribution in [1.29, 1.82) is 0 Å². The number of nitrogens with zero attached hydrogens (tertiary/aromatic N) is 3. The van der Waals surface area contributed by atoms with Crippen molar-refractivity contribution >= 4 is 17.7 Å². The van der Waals surface area contributed by atoms with Crippen LogP contribution in [0.3, 0.4) is 0 Å². The highest BCUT2D eigenvalue weighted by molar-refractivity contribution is 7.99. The Balaban J connectivity index is 1.91. The minimum absolute atomic E-state index is 0.0449. The van der Waals surface area contributed by atoms with Crippen LogP contribution in [0.1, 0.15) is 51.4 Å². The molecule has 1 N–H and O–H groups in total. The molecule has 0 bridgehead atoms. The average molecular weight is 375 g/mol. The standard InChI is InChI=1S/C20H30N4OS/c1-14(2)8-6-10-16(4)21-19(25)13-26-20-23-22-17(5)24(20)18-11-7-9-15(3)12-18/h7,9,11-12,14,16H,6,8,10,13H2,1-5H3,(H,21,25).